The molecule has 0 fully saturated rings. The summed E-state index contributed by atoms with van der Waals surface area (Å²) in [6, 6.07) is 46.4. The number of nitrogens with one attached hydrogen (secondary N) is 1. The number of allylic oxidation sites excluding steroid dienone is 4. The third-order valence-electron chi connectivity index (χ3n) is 7.96. The summed E-state index contributed by atoms with van der Waals surface area (Å²) in [4.78, 5) is 0. The van der Waals surface area contributed by atoms with E-state index in [9.17, 15) is 0 Å². The second kappa shape index (κ2) is 9.36. The molecule has 0 saturated heterocycles. The number of benzene rings is 5. The summed E-state index contributed by atoms with van der Waals surface area (Å²) < 4.78 is 0. The summed E-state index contributed by atoms with van der Waals surface area (Å²) in [6.07, 6.45) is 9.08. The first kappa shape index (κ1) is 22.6. The predicted molar refractivity (Wildman–Crippen MR) is 162 cm³/mol. The van der Waals surface area contributed by atoms with Gasteiger partial charge < -0.3 is 5.32 Å². The second-order valence-corrected chi connectivity index (χ2v) is 10.1. The number of hydrogen-bond donors (Lipinski definition) is 1. The number of hydrogen-bond acceptors (Lipinski definition) is 1. The summed E-state index contributed by atoms with van der Waals surface area (Å²) in [7, 11) is 0. The molecule has 5 aromatic carbocycles. The Labute approximate surface area is 226 Å². The van der Waals surface area contributed by atoms with Crippen LogP contribution in [0.15, 0.2) is 146 Å². The van der Waals surface area contributed by atoms with Crippen LogP contribution >= 0.6 is 0 Å². The second-order valence-electron chi connectivity index (χ2n) is 10.1. The van der Waals surface area contributed by atoms with Gasteiger partial charge in [0.2, 0.25) is 0 Å². The number of rotatable bonds is 5. The van der Waals surface area contributed by atoms with E-state index < -0.39 is 0 Å². The van der Waals surface area contributed by atoms with E-state index in [1.807, 2.05) is 0 Å². The normalized spacial score (nSPS) is 14.9. The lowest BCUT2D eigenvalue weighted by Gasteiger charge is -2.34. The average molecular weight is 490 g/mol. The highest BCUT2D eigenvalue weighted by atomic mass is 14.9. The van der Waals surface area contributed by atoms with Gasteiger partial charge in [0, 0.05) is 12.8 Å². The monoisotopic (exact) mass is 489 g/mol. The highest BCUT2D eigenvalue weighted by Crippen LogP contribution is 2.56. The zero-order chi connectivity index (χ0) is 25.4. The van der Waals surface area contributed by atoms with Crippen LogP contribution in [0, 0.1) is 0 Å². The summed E-state index contributed by atoms with van der Waals surface area (Å²) in [5, 5.41) is 3.69. The number of anilines is 2. The smallest absolute Gasteiger partial charge is 0.0714 e. The summed E-state index contributed by atoms with van der Waals surface area (Å²) in [5.41, 5.74) is 12.2. The Kier molecular flexibility index (Phi) is 5.56. The van der Waals surface area contributed by atoms with Crippen LogP contribution in [0.1, 0.15) is 42.1 Å². The van der Waals surface area contributed by atoms with Gasteiger partial charge in [0.1, 0.15) is 0 Å². The van der Waals surface area contributed by atoms with E-state index in [4.69, 9.17) is 0 Å². The Bertz CT molecular complexity index is 1630. The Morgan fingerprint density at radius 3 is 1.87 bits per heavy atom. The summed E-state index contributed by atoms with van der Waals surface area (Å²) >= 11 is 0. The molecule has 38 heavy (non-hydrogen) atoms. The van der Waals surface area contributed by atoms with Gasteiger partial charge in [0.15, 0.2) is 0 Å². The average Bonchev–Trinajstić information content (AvgIpc) is 3.29. The Morgan fingerprint density at radius 2 is 1.18 bits per heavy atom. The Hall–Kier alpha value is -4.62. The molecule has 0 amide bonds. The van der Waals surface area contributed by atoms with Crippen LogP contribution in [-0.2, 0) is 5.41 Å². The SMILES string of the molecule is C1=CC(c2ccc(Nc3ccc4c(c3)C(c3ccccc3)(c3ccccc3)c3ccccc3-4)cc2)=CCC1.[HH]. The van der Waals surface area contributed by atoms with Gasteiger partial charge in [0.25, 0.3) is 0 Å². The maximum absolute atomic E-state index is 3.69. The molecule has 5 aromatic rings. The molecule has 0 radical (unpaired) electrons. The largest absolute Gasteiger partial charge is 0.356 e. The van der Waals surface area contributed by atoms with Gasteiger partial charge in [0.05, 0.1) is 5.41 Å². The topological polar surface area (TPSA) is 12.0 Å². The molecule has 0 aliphatic heterocycles. The van der Waals surface area contributed by atoms with Crippen LogP contribution in [0.25, 0.3) is 16.7 Å². The minimum atomic E-state index is -0.379. The highest BCUT2D eigenvalue weighted by Gasteiger charge is 2.45. The van der Waals surface area contributed by atoms with E-state index in [0.29, 0.717) is 0 Å². The van der Waals surface area contributed by atoms with Gasteiger partial charge in [-0.15, -0.1) is 0 Å². The molecule has 1 nitrogen and oxygen atoms in total. The molecule has 0 bridgehead atoms. The summed E-state index contributed by atoms with van der Waals surface area (Å²) in [6.45, 7) is 0. The lowest BCUT2D eigenvalue weighted by atomic mass is 9.67. The quantitative estimate of drug-likeness (QED) is 0.254. The predicted octanol–water partition coefficient (Wildman–Crippen LogP) is 9.77. The van der Waals surface area contributed by atoms with Gasteiger partial charge in [-0.05, 0) is 81.6 Å². The van der Waals surface area contributed by atoms with Crippen molar-refractivity contribution in [2.45, 2.75) is 18.3 Å². The first-order valence-corrected chi connectivity index (χ1v) is 13.4. The third kappa shape index (κ3) is 3.63. The molecule has 0 atom stereocenters. The zero-order valence-corrected chi connectivity index (χ0v) is 21.3. The van der Waals surface area contributed by atoms with Gasteiger partial charge in [-0.3, -0.25) is 0 Å². The molecule has 0 saturated carbocycles. The molecule has 0 aromatic heterocycles. The standard InChI is InChI=1S/C37H29N.H2/c1-4-12-27(13-5-1)28-20-22-31(23-21-28)38-32-24-25-34-33-18-10-11-19-35(33)37(36(34)26-32,29-14-6-2-7-15-29)30-16-8-3-9-17-30;/h2-4,6-26,38H,1,5H2;1H. The van der Waals surface area contributed by atoms with E-state index in [0.717, 1.165) is 24.2 Å². The Balaban J connectivity index is 0.00000277. The van der Waals surface area contributed by atoms with Crippen molar-refractivity contribution in [3.63, 3.8) is 0 Å². The van der Waals surface area contributed by atoms with Gasteiger partial charge >= 0.3 is 0 Å². The minimum absolute atomic E-state index is 0. The molecular formula is C37H31N. The van der Waals surface area contributed by atoms with Crippen LogP contribution in [0.2, 0.25) is 0 Å². The fourth-order valence-electron chi connectivity index (χ4n) is 6.26. The minimum Gasteiger partial charge on any atom is -0.356 e. The van der Waals surface area contributed by atoms with Crippen molar-refractivity contribution in [2.24, 2.45) is 0 Å². The summed E-state index contributed by atoms with van der Waals surface area (Å²) in [5.74, 6) is 0. The fraction of sp³-hybridized carbons (Fsp3) is 0.0811. The zero-order valence-electron chi connectivity index (χ0n) is 21.3. The number of fused-ring (bicyclic) bond motifs is 3. The first-order valence-electron chi connectivity index (χ1n) is 13.4. The maximum atomic E-state index is 3.69. The van der Waals surface area contributed by atoms with Crippen LogP contribution < -0.4 is 5.32 Å². The lowest BCUT2D eigenvalue weighted by molar-refractivity contribution is 0.769. The van der Waals surface area contributed by atoms with Gasteiger partial charge in [-0.25, -0.2) is 0 Å². The van der Waals surface area contributed by atoms with E-state index in [-0.39, 0.29) is 6.84 Å². The van der Waals surface area contributed by atoms with Crippen molar-refractivity contribution in [1.82, 2.24) is 0 Å². The van der Waals surface area contributed by atoms with Crippen LogP contribution in [0.3, 0.4) is 0 Å². The van der Waals surface area contributed by atoms with Crippen molar-refractivity contribution in [2.75, 3.05) is 5.32 Å². The van der Waals surface area contributed by atoms with Crippen molar-refractivity contribution < 1.29 is 1.43 Å². The molecular weight excluding hydrogens is 458 g/mol. The molecule has 1 N–H and O–H groups in total. The lowest BCUT2D eigenvalue weighted by Crippen LogP contribution is -2.28. The van der Waals surface area contributed by atoms with Crippen LogP contribution in [0.4, 0.5) is 11.4 Å². The molecule has 0 unspecified atom stereocenters. The molecule has 2 aliphatic rings. The molecule has 1 heteroatoms. The van der Waals surface area contributed by atoms with E-state index >= 15 is 0 Å². The highest BCUT2D eigenvalue weighted by molar-refractivity contribution is 5.88. The van der Waals surface area contributed by atoms with E-state index in [2.05, 4.69) is 151 Å². The molecule has 0 spiro atoms. The van der Waals surface area contributed by atoms with Crippen molar-refractivity contribution in [1.29, 1.82) is 0 Å². The molecule has 7 rings (SSSR count). The van der Waals surface area contributed by atoms with E-state index in [1.54, 1.807) is 0 Å². The Morgan fingerprint density at radius 1 is 0.553 bits per heavy atom. The van der Waals surface area contributed by atoms with Gasteiger partial charge in [-0.1, -0.05) is 121 Å². The van der Waals surface area contributed by atoms with Crippen molar-refractivity contribution in [3.8, 4) is 11.1 Å². The third-order valence-corrected chi connectivity index (χ3v) is 7.96. The first-order chi connectivity index (χ1) is 18.8. The maximum Gasteiger partial charge on any atom is 0.0714 e. The van der Waals surface area contributed by atoms with Crippen LogP contribution in [-0.4, -0.2) is 0 Å². The van der Waals surface area contributed by atoms with Gasteiger partial charge in [-0.2, -0.15) is 0 Å². The van der Waals surface area contributed by atoms with Crippen molar-refractivity contribution in [3.05, 3.63) is 173 Å². The molecule has 2 aliphatic carbocycles. The van der Waals surface area contributed by atoms with E-state index in [1.165, 1.54) is 44.5 Å². The molecule has 0 heterocycles. The fourth-order valence-corrected chi connectivity index (χ4v) is 6.26. The molecule has 184 valence electrons. The van der Waals surface area contributed by atoms with Crippen molar-refractivity contribution >= 4 is 16.9 Å². The van der Waals surface area contributed by atoms with Crippen LogP contribution in [0.5, 0.6) is 0 Å².